The van der Waals surface area contributed by atoms with Gasteiger partial charge in [0, 0.05) is 17.1 Å². The molecular formula is C22H19ClN2O4. The number of carbonyl (C=O) groups is 2. The summed E-state index contributed by atoms with van der Waals surface area (Å²) in [5, 5.41) is 3.39. The first-order valence-electron chi connectivity index (χ1n) is 9.19. The van der Waals surface area contributed by atoms with Gasteiger partial charge in [0.2, 0.25) is 5.91 Å². The van der Waals surface area contributed by atoms with Gasteiger partial charge in [-0.25, -0.2) is 0 Å². The normalized spacial score (nSPS) is 14.7. The number of ether oxygens (including phenoxy) is 1. The van der Waals surface area contributed by atoms with E-state index in [-0.39, 0.29) is 24.9 Å². The maximum absolute atomic E-state index is 13.2. The average molecular weight is 411 g/mol. The Morgan fingerprint density at radius 2 is 1.93 bits per heavy atom. The summed E-state index contributed by atoms with van der Waals surface area (Å²) in [6.45, 7) is 0.0520. The summed E-state index contributed by atoms with van der Waals surface area (Å²) in [7, 11) is 0. The average Bonchev–Trinajstić information content (AvgIpc) is 3.37. The Morgan fingerprint density at radius 1 is 1.10 bits per heavy atom. The Hall–Kier alpha value is -3.25. The van der Waals surface area contributed by atoms with Gasteiger partial charge in [0.25, 0.3) is 5.91 Å². The van der Waals surface area contributed by atoms with Gasteiger partial charge < -0.3 is 19.4 Å². The van der Waals surface area contributed by atoms with Crippen molar-refractivity contribution in [3.05, 3.63) is 83.3 Å². The summed E-state index contributed by atoms with van der Waals surface area (Å²) < 4.78 is 11.2. The van der Waals surface area contributed by atoms with Gasteiger partial charge in [0.05, 0.1) is 12.8 Å². The van der Waals surface area contributed by atoms with E-state index in [1.165, 1.54) is 11.2 Å². The van der Waals surface area contributed by atoms with E-state index in [9.17, 15) is 9.59 Å². The van der Waals surface area contributed by atoms with Crippen molar-refractivity contribution in [3.63, 3.8) is 0 Å². The number of benzene rings is 2. The molecule has 29 heavy (non-hydrogen) atoms. The van der Waals surface area contributed by atoms with Gasteiger partial charge in [-0.1, -0.05) is 29.8 Å². The molecule has 4 rings (SSSR count). The quantitative estimate of drug-likeness (QED) is 0.669. The Labute approximate surface area is 173 Å². The molecule has 0 saturated heterocycles. The first-order valence-corrected chi connectivity index (χ1v) is 9.57. The van der Waals surface area contributed by atoms with E-state index in [2.05, 4.69) is 5.32 Å². The molecule has 0 aliphatic carbocycles. The lowest BCUT2D eigenvalue weighted by atomic mass is 10.1. The van der Waals surface area contributed by atoms with Crippen molar-refractivity contribution >= 4 is 29.1 Å². The Bertz CT molecular complexity index is 1000. The van der Waals surface area contributed by atoms with Crippen molar-refractivity contribution in [1.82, 2.24) is 4.90 Å². The minimum absolute atomic E-state index is 0.120. The van der Waals surface area contributed by atoms with Crippen LogP contribution in [0.3, 0.4) is 0 Å². The predicted molar refractivity (Wildman–Crippen MR) is 109 cm³/mol. The van der Waals surface area contributed by atoms with Gasteiger partial charge in [-0.15, -0.1) is 0 Å². The molecule has 7 heteroatoms. The summed E-state index contributed by atoms with van der Waals surface area (Å²) in [4.78, 5) is 27.1. The van der Waals surface area contributed by atoms with Crippen LogP contribution in [0.1, 0.15) is 11.3 Å². The third-order valence-corrected chi connectivity index (χ3v) is 4.84. The summed E-state index contributed by atoms with van der Waals surface area (Å²) >= 11 is 6.04. The van der Waals surface area contributed by atoms with Crippen molar-refractivity contribution in [2.45, 2.75) is 19.1 Å². The minimum atomic E-state index is -0.706. The van der Waals surface area contributed by atoms with E-state index in [1.807, 2.05) is 18.2 Å². The zero-order chi connectivity index (χ0) is 20.2. The SMILES string of the molecule is O=C(CN(Cc1ccco1)C(=O)C1Cc2cc(Cl)ccc2O1)Nc1ccccc1. The van der Waals surface area contributed by atoms with Crippen LogP contribution in [-0.2, 0) is 22.6 Å². The van der Waals surface area contributed by atoms with E-state index >= 15 is 0 Å². The number of hydrogen-bond donors (Lipinski definition) is 1. The van der Waals surface area contributed by atoms with Crippen LogP contribution in [0.15, 0.2) is 71.3 Å². The number of amides is 2. The second kappa shape index (κ2) is 8.41. The van der Waals surface area contributed by atoms with Crippen LogP contribution in [0.4, 0.5) is 5.69 Å². The van der Waals surface area contributed by atoms with E-state index in [1.54, 1.807) is 42.5 Å². The number of rotatable bonds is 6. The number of nitrogens with zero attached hydrogens (tertiary/aromatic N) is 1. The fourth-order valence-electron chi connectivity index (χ4n) is 3.26. The molecule has 6 nitrogen and oxygen atoms in total. The van der Waals surface area contributed by atoms with Crippen molar-refractivity contribution in [2.24, 2.45) is 0 Å². The second-order valence-electron chi connectivity index (χ2n) is 6.75. The monoisotopic (exact) mass is 410 g/mol. The zero-order valence-electron chi connectivity index (χ0n) is 15.5. The Kier molecular flexibility index (Phi) is 5.53. The molecular weight excluding hydrogens is 392 g/mol. The summed E-state index contributed by atoms with van der Waals surface area (Å²) in [6, 6.07) is 17.9. The molecule has 0 saturated carbocycles. The standard InChI is InChI=1S/C22H19ClN2O4/c23-16-8-9-19-15(11-16)12-20(29-19)22(27)25(13-18-7-4-10-28-18)14-21(26)24-17-5-2-1-3-6-17/h1-11,20H,12-14H2,(H,24,26). The van der Waals surface area contributed by atoms with Gasteiger partial charge in [0.15, 0.2) is 6.10 Å². The molecule has 1 N–H and O–H groups in total. The van der Waals surface area contributed by atoms with Gasteiger partial charge in [-0.3, -0.25) is 9.59 Å². The molecule has 148 valence electrons. The number of nitrogens with one attached hydrogen (secondary N) is 1. The van der Waals surface area contributed by atoms with Crippen LogP contribution in [-0.4, -0.2) is 29.4 Å². The third-order valence-electron chi connectivity index (χ3n) is 4.60. The smallest absolute Gasteiger partial charge is 0.264 e. The number of hydrogen-bond acceptors (Lipinski definition) is 4. The number of para-hydroxylation sites is 1. The lowest BCUT2D eigenvalue weighted by molar-refractivity contribution is -0.141. The molecule has 1 aliphatic rings. The summed E-state index contributed by atoms with van der Waals surface area (Å²) in [5.41, 5.74) is 1.55. The molecule has 1 aliphatic heterocycles. The molecule has 2 heterocycles. The molecule has 0 bridgehead atoms. The highest BCUT2D eigenvalue weighted by atomic mass is 35.5. The van der Waals surface area contributed by atoms with Crippen LogP contribution < -0.4 is 10.1 Å². The molecule has 1 unspecified atom stereocenters. The highest BCUT2D eigenvalue weighted by molar-refractivity contribution is 6.30. The van der Waals surface area contributed by atoms with Crippen molar-refractivity contribution in [2.75, 3.05) is 11.9 Å². The van der Waals surface area contributed by atoms with Gasteiger partial charge in [-0.05, 0) is 48.0 Å². The lowest BCUT2D eigenvalue weighted by Gasteiger charge is -2.24. The summed E-state index contributed by atoms with van der Waals surface area (Å²) in [6.07, 6.45) is 1.23. The summed E-state index contributed by atoms with van der Waals surface area (Å²) in [5.74, 6) is 0.649. The number of halogens is 1. The van der Waals surface area contributed by atoms with Gasteiger partial charge >= 0.3 is 0 Å². The third kappa shape index (κ3) is 4.60. The maximum Gasteiger partial charge on any atom is 0.264 e. The van der Waals surface area contributed by atoms with E-state index < -0.39 is 6.10 Å². The van der Waals surface area contributed by atoms with Crippen molar-refractivity contribution < 1.29 is 18.7 Å². The second-order valence-corrected chi connectivity index (χ2v) is 7.19. The molecule has 0 spiro atoms. The molecule has 1 aromatic heterocycles. The Balaban J connectivity index is 1.48. The van der Waals surface area contributed by atoms with E-state index in [0.29, 0.717) is 28.6 Å². The molecule has 0 fully saturated rings. The lowest BCUT2D eigenvalue weighted by Crippen LogP contribution is -2.44. The number of fused-ring (bicyclic) bond motifs is 1. The fourth-order valence-corrected chi connectivity index (χ4v) is 3.45. The van der Waals surface area contributed by atoms with Gasteiger partial charge in [-0.2, -0.15) is 0 Å². The van der Waals surface area contributed by atoms with E-state index in [0.717, 1.165) is 5.56 Å². The molecule has 3 aromatic rings. The largest absolute Gasteiger partial charge is 0.480 e. The first-order chi connectivity index (χ1) is 14.1. The van der Waals surface area contributed by atoms with Crippen LogP contribution >= 0.6 is 11.6 Å². The van der Waals surface area contributed by atoms with Crippen LogP contribution in [0.2, 0.25) is 5.02 Å². The van der Waals surface area contributed by atoms with Crippen molar-refractivity contribution in [3.8, 4) is 5.75 Å². The van der Waals surface area contributed by atoms with Crippen LogP contribution in [0, 0.1) is 0 Å². The van der Waals surface area contributed by atoms with Gasteiger partial charge in [0.1, 0.15) is 18.1 Å². The predicted octanol–water partition coefficient (Wildman–Crippen LogP) is 3.90. The van der Waals surface area contributed by atoms with Crippen LogP contribution in [0.25, 0.3) is 0 Å². The van der Waals surface area contributed by atoms with E-state index in [4.69, 9.17) is 20.8 Å². The maximum atomic E-state index is 13.2. The molecule has 2 aromatic carbocycles. The molecule has 2 amide bonds. The minimum Gasteiger partial charge on any atom is -0.480 e. The fraction of sp³-hybridized carbons (Fsp3) is 0.182. The highest BCUT2D eigenvalue weighted by Crippen LogP contribution is 2.32. The highest BCUT2D eigenvalue weighted by Gasteiger charge is 2.33. The molecule has 1 atom stereocenters. The van der Waals surface area contributed by atoms with Crippen LogP contribution in [0.5, 0.6) is 5.75 Å². The number of carbonyl (C=O) groups excluding carboxylic acids is 2. The topological polar surface area (TPSA) is 71.8 Å². The number of furan rings is 1. The zero-order valence-corrected chi connectivity index (χ0v) is 16.3. The number of anilines is 1. The van der Waals surface area contributed by atoms with Crippen molar-refractivity contribution in [1.29, 1.82) is 0 Å². The molecule has 0 radical (unpaired) electrons. The Morgan fingerprint density at radius 3 is 2.69 bits per heavy atom. The first kappa shape index (κ1) is 19.1.